The molecule has 2 fully saturated rings. The third-order valence-electron chi connectivity index (χ3n) is 6.92. The number of methoxy groups -OCH3 is 1. The topological polar surface area (TPSA) is 101 Å². The Hall–Kier alpha value is -3.59. The van der Waals surface area contributed by atoms with Crippen LogP contribution in [-0.2, 0) is 4.74 Å². The number of rotatable bonds is 5. The smallest absolute Gasteiger partial charge is 0.270 e. The number of morpholine rings is 1. The van der Waals surface area contributed by atoms with E-state index in [2.05, 4.69) is 22.1 Å². The molecule has 9 heteroatoms. The second kappa shape index (κ2) is 9.34. The molecule has 0 aliphatic carbocycles. The van der Waals surface area contributed by atoms with E-state index in [0.29, 0.717) is 50.9 Å². The number of H-pyrrole nitrogens is 1. The summed E-state index contributed by atoms with van der Waals surface area (Å²) in [7, 11) is 1.66. The van der Waals surface area contributed by atoms with Gasteiger partial charge in [-0.2, -0.15) is 0 Å². The first kappa shape index (κ1) is 22.2. The zero-order valence-electron chi connectivity index (χ0n) is 19.2. The molecule has 34 heavy (non-hydrogen) atoms. The highest BCUT2D eigenvalue weighted by atomic mass is 16.6. The molecule has 5 rings (SSSR count). The van der Waals surface area contributed by atoms with Crippen LogP contribution in [0.5, 0.6) is 5.75 Å². The van der Waals surface area contributed by atoms with Crippen molar-refractivity contribution >= 4 is 28.2 Å². The predicted molar refractivity (Wildman–Crippen MR) is 129 cm³/mol. The Labute approximate surface area is 197 Å². The molecule has 1 N–H and O–H groups in total. The zero-order chi connectivity index (χ0) is 23.7. The maximum Gasteiger partial charge on any atom is 0.270 e. The number of hydrogen-bond donors (Lipinski definition) is 1. The predicted octanol–water partition coefficient (Wildman–Crippen LogP) is 3.94. The van der Waals surface area contributed by atoms with Crippen LogP contribution >= 0.6 is 0 Å². The van der Waals surface area contributed by atoms with Gasteiger partial charge in [0.2, 0.25) is 0 Å². The van der Waals surface area contributed by atoms with E-state index in [1.54, 1.807) is 13.2 Å². The summed E-state index contributed by atoms with van der Waals surface area (Å²) in [5.41, 5.74) is 3.38. The van der Waals surface area contributed by atoms with Crippen LogP contribution < -0.4 is 9.64 Å². The van der Waals surface area contributed by atoms with Gasteiger partial charge in [0.25, 0.3) is 11.6 Å². The summed E-state index contributed by atoms with van der Waals surface area (Å²) in [4.78, 5) is 31.8. The maximum absolute atomic E-state index is 13.5. The van der Waals surface area contributed by atoms with E-state index in [9.17, 15) is 14.9 Å². The summed E-state index contributed by atoms with van der Waals surface area (Å²) in [5, 5.41) is 12.6. The van der Waals surface area contributed by atoms with Gasteiger partial charge >= 0.3 is 0 Å². The Bertz CT molecular complexity index is 1210. The van der Waals surface area contributed by atoms with Gasteiger partial charge in [0.15, 0.2) is 0 Å². The monoisotopic (exact) mass is 464 g/mol. The number of amides is 1. The molecule has 1 amide bonds. The number of nitrogens with zero attached hydrogens (tertiary/aromatic N) is 3. The number of non-ortho nitro benzene ring substituents is 1. The van der Waals surface area contributed by atoms with Crippen molar-refractivity contribution in [2.45, 2.75) is 18.8 Å². The number of ether oxygens (including phenoxy) is 2. The van der Waals surface area contributed by atoms with E-state index in [1.165, 1.54) is 17.7 Å². The molecule has 0 saturated carbocycles. The number of fused-ring (bicyclic) bond motifs is 1. The van der Waals surface area contributed by atoms with Gasteiger partial charge in [0.05, 0.1) is 36.5 Å². The van der Waals surface area contributed by atoms with Gasteiger partial charge in [-0.15, -0.1) is 0 Å². The number of aromatic amines is 1. The molecule has 3 aromatic rings. The molecule has 178 valence electrons. The van der Waals surface area contributed by atoms with E-state index >= 15 is 0 Å². The van der Waals surface area contributed by atoms with Crippen LogP contribution in [0, 0.1) is 10.1 Å². The molecular weight excluding hydrogens is 436 g/mol. The van der Waals surface area contributed by atoms with E-state index in [1.807, 2.05) is 17.0 Å². The van der Waals surface area contributed by atoms with Gasteiger partial charge in [-0.25, -0.2) is 0 Å². The molecule has 0 radical (unpaired) electrons. The minimum atomic E-state index is -0.447. The lowest BCUT2D eigenvalue weighted by atomic mass is 9.89. The second-order valence-corrected chi connectivity index (χ2v) is 8.78. The molecule has 0 spiro atoms. The summed E-state index contributed by atoms with van der Waals surface area (Å²) >= 11 is 0. The van der Waals surface area contributed by atoms with Crippen molar-refractivity contribution in [2.24, 2.45) is 0 Å². The van der Waals surface area contributed by atoms with E-state index in [4.69, 9.17) is 9.47 Å². The first-order valence-electron chi connectivity index (χ1n) is 11.6. The summed E-state index contributed by atoms with van der Waals surface area (Å²) in [5.74, 6) is 1.00. The highest BCUT2D eigenvalue weighted by molar-refractivity contribution is 6.00. The Kier molecular flexibility index (Phi) is 6.10. The largest absolute Gasteiger partial charge is 0.497 e. The van der Waals surface area contributed by atoms with Crippen LogP contribution in [0.25, 0.3) is 10.9 Å². The lowest BCUT2D eigenvalue weighted by Crippen LogP contribution is -2.40. The van der Waals surface area contributed by atoms with Gasteiger partial charge in [-0.05, 0) is 48.6 Å². The van der Waals surface area contributed by atoms with Crippen LogP contribution in [0.15, 0.2) is 42.6 Å². The third kappa shape index (κ3) is 4.19. The number of piperidine rings is 1. The molecule has 9 nitrogen and oxygen atoms in total. The van der Waals surface area contributed by atoms with Crippen LogP contribution in [0.3, 0.4) is 0 Å². The lowest BCUT2D eigenvalue weighted by molar-refractivity contribution is -0.384. The number of anilines is 1. The highest BCUT2D eigenvalue weighted by Crippen LogP contribution is 2.36. The summed E-state index contributed by atoms with van der Waals surface area (Å²) in [6.45, 7) is 3.67. The lowest BCUT2D eigenvalue weighted by Gasteiger charge is -2.34. The summed E-state index contributed by atoms with van der Waals surface area (Å²) in [6.07, 6.45) is 3.72. The SMILES string of the molecule is COc1ccc2[nH]cc(C3CCN(C(=O)c4cc([N+](=O)[O-])ccc4N4CCOCC4)CC3)c2c1. The Morgan fingerprint density at radius 3 is 2.59 bits per heavy atom. The number of benzene rings is 2. The molecule has 1 aromatic heterocycles. The third-order valence-corrected chi connectivity index (χ3v) is 6.92. The fraction of sp³-hybridized carbons (Fsp3) is 0.400. The standard InChI is InChI=1S/C25H28N4O5/c1-33-19-3-4-23-20(15-19)22(16-26-23)17-6-8-28(9-7-17)25(30)21-14-18(29(31)32)2-5-24(21)27-10-12-34-13-11-27/h2-5,14-17,26H,6-13H2,1H3. The molecule has 0 atom stereocenters. The van der Waals surface area contributed by atoms with Gasteiger partial charge in [-0.3, -0.25) is 14.9 Å². The van der Waals surface area contributed by atoms with Crippen LogP contribution in [-0.4, -0.2) is 67.2 Å². The number of likely N-dealkylation sites (tertiary alicyclic amines) is 1. The molecule has 0 unspecified atom stereocenters. The maximum atomic E-state index is 13.5. The average Bonchev–Trinajstić information content (AvgIpc) is 3.31. The van der Waals surface area contributed by atoms with E-state index in [-0.39, 0.29) is 11.6 Å². The van der Waals surface area contributed by atoms with Crippen molar-refractivity contribution in [1.29, 1.82) is 0 Å². The Balaban J connectivity index is 1.36. The van der Waals surface area contributed by atoms with Crippen LogP contribution in [0.1, 0.15) is 34.7 Å². The quantitative estimate of drug-likeness (QED) is 0.453. The molecule has 2 aromatic carbocycles. The molecule has 0 bridgehead atoms. The van der Waals surface area contributed by atoms with Crippen molar-refractivity contribution in [2.75, 3.05) is 51.4 Å². The number of aromatic nitrogens is 1. The number of nitro groups is 1. The molecule has 2 aliphatic rings. The van der Waals surface area contributed by atoms with Gasteiger partial charge in [-0.1, -0.05) is 0 Å². The normalized spacial score (nSPS) is 17.2. The van der Waals surface area contributed by atoms with Crippen molar-refractivity contribution < 1.29 is 19.2 Å². The highest BCUT2D eigenvalue weighted by Gasteiger charge is 2.29. The fourth-order valence-corrected chi connectivity index (χ4v) is 5.04. The van der Waals surface area contributed by atoms with Crippen LogP contribution in [0.2, 0.25) is 0 Å². The molecule has 3 heterocycles. The molecule has 2 saturated heterocycles. The summed E-state index contributed by atoms with van der Waals surface area (Å²) < 4.78 is 10.8. The fourth-order valence-electron chi connectivity index (χ4n) is 5.04. The number of carbonyl (C=O) groups is 1. The van der Waals surface area contributed by atoms with Crippen molar-refractivity contribution in [3.8, 4) is 5.75 Å². The minimum Gasteiger partial charge on any atom is -0.497 e. The summed E-state index contributed by atoms with van der Waals surface area (Å²) in [6, 6.07) is 10.6. The van der Waals surface area contributed by atoms with Crippen molar-refractivity contribution in [3.63, 3.8) is 0 Å². The number of carbonyl (C=O) groups excluding carboxylic acids is 1. The van der Waals surface area contributed by atoms with Crippen LogP contribution in [0.4, 0.5) is 11.4 Å². The molecular formula is C25H28N4O5. The first-order chi connectivity index (χ1) is 16.5. The van der Waals surface area contributed by atoms with E-state index in [0.717, 1.165) is 35.2 Å². The number of nitro benzene ring substituents is 1. The van der Waals surface area contributed by atoms with Crippen molar-refractivity contribution in [3.05, 3.63) is 63.8 Å². The molecule has 2 aliphatic heterocycles. The number of nitrogens with one attached hydrogen (secondary N) is 1. The first-order valence-corrected chi connectivity index (χ1v) is 11.6. The van der Waals surface area contributed by atoms with Gasteiger partial charge in [0, 0.05) is 55.4 Å². The Morgan fingerprint density at radius 1 is 1.12 bits per heavy atom. The minimum absolute atomic E-state index is 0.0667. The Morgan fingerprint density at radius 2 is 1.88 bits per heavy atom. The second-order valence-electron chi connectivity index (χ2n) is 8.78. The average molecular weight is 465 g/mol. The van der Waals surface area contributed by atoms with E-state index < -0.39 is 4.92 Å². The zero-order valence-corrected chi connectivity index (χ0v) is 19.2. The van der Waals surface area contributed by atoms with Gasteiger partial charge < -0.3 is 24.3 Å². The van der Waals surface area contributed by atoms with Gasteiger partial charge in [0.1, 0.15) is 5.75 Å². The van der Waals surface area contributed by atoms with Crippen molar-refractivity contribution in [1.82, 2.24) is 9.88 Å². The number of hydrogen-bond acceptors (Lipinski definition) is 6.